The molecule has 5 nitrogen and oxygen atoms in total. The quantitative estimate of drug-likeness (QED) is 0.471. The zero-order chi connectivity index (χ0) is 22.3. The van der Waals surface area contributed by atoms with Gasteiger partial charge in [0.05, 0.1) is 25.9 Å². The third kappa shape index (κ3) is 5.52. The van der Waals surface area contributed by atoms with Gasteiger partial charge in [0.15, 0.2) is 6.29 Å². The van der Waals surface area contributed by atoms with Crippen LogP contribution in [-0.2, 0) is 22.6 Å². The predicted octanol–water partition coefficient (Wildman–Crippen LogP) is 4.98. The van der Waals surface area contributed by atoms with Crippen LogP contribution in [-0.4, -0.2) is 24.1 Å². The second kappa shape index (κ2) is 11.0. The van der Waals surface area contributed by atoms with E-state index in [4.69, 9.17) is 19.9 Å². The summed E-state index contributed by atoms with van der Waals surface area (Å²) in [6, 6.07) is 24.0. The van der Waals surface area contributed by atoms with E-state index >= 15 is 0 Å². The first-order chi connectivity index (χ1) is 15.7. The first-order valence-electron chi connectivity index (χ1n) is 10.8. The number of ether oxygens (including phenoxy) is 3. The fourth-order valence-corrected chi connectivity index (χ4v) is 4.80. The van der Waals surface area contributed by atoms with Crippen LogP contribution >= 0.6 is 11.8 Å². The fourth-order valence-electron chi connectivity index (χ4n) is 3.75. The molecule has 1 aliphatic rings. The molecule has 168 valence electrons. The maximum atomic E-state index is 9.36. The Hall–Kier alpha value is -2.35. The van der Waals surface area contributed by atoms with E-state index in [1.807, 2.05) is 66.7 Å². The summed E-state index contributed by atoms with van der Waals surface area (Å²) in [7, 11) is 1.69. The van der Waals surface area contributed by atoms with Crippen LogP contribution < -0.4 is 10.5 Å². The van der Waals surface area contributed by atoms with Gasteiger partial charge in [0.2, 0.25) is 0 Å². The number of hydrogen-bond donors (Lipinski definition) is 2. The molecule has 0 amide bonds. The summed E-state index contributed by atoms with van der Waals surface area (Å²) in [6.45, 7) is 0.536. The van der Waals surface area contributed by atoms with Crippen LogP contribution in [0.2, 0.25) is 0 Å². The average Bonchev–Trinajstić information content (AvgIpc) is 2.87. The first kappa shape index (κ1) is 22.8. The fraction of sp³-hybridized carbons (Fsp3) is 0.308. The van der Waals surface area contributed by atoms with Gasteiger partial charge < -0.3 is 25.1 Å². The van der Waals surface area contributed by atoms with Crippen molar-refractivity contribution in [2.45, 2.75) is 43.0 Å². The molecule has 0 spiro atoms. The van der Waals surface area contributed by atoms with E-state index in [2.05, 4.69) is 6.07 Å². The molecule has 4 rings (SSSR count). The lowest BCUT2D eigenvalue weighted by Crippen LogP contribution is -2.31. The molecule has 3 aromatic carbocycles. The van der Waals surface area contributed by atoms with Crippen LogP contribution in [0.5, 0.6) is 5.75 Å². The number of hydrogen-bond acceptors (Lipinski definition) is 6. The van der Waals surface area contributed by atoms with Gasteiger partial charge in [0.25, 0.3) is 0 Å². The molecule has 3 N–H and O–H groups in total. The van der Waals surface area contributed by atoms with Gasteiger partial charge in [-0.15, -0.1) is 11.8 Å². The molecule has 0 saturated carbocycles. The summed E-state index contributed by atoms with van der Waals surface area (Å²) >= 11 is 1.73. The molecule has 1 saturated heterocycles. The molecule has 1 heterocycles. The van der Waals surface area contributed by atoms with Crippen LogP contribution in [0.3, 0.4) is 0 Å². The van der Waals surface area contributed by atoms with Crippen LogP contribution in [0.25, 0.3) is 0 Å². The molecule has 3 aromatic rings. The number of para-hydroxylation sites is 1. The zero-order valence-corrected chi connectivity index (χ0v) is 19.0. The van der Waals surface area contributed by atoms with E-state index in [1.165, 1.54) is 0 Å². The maximum Gasteiger partial charge on any atom is 0.184 e. The van der Waals surface area contributed by atoms with Gasteiger partial charge in [-0.05, 0) is 28.8 Å². The van der Waals surface area contributed by atoms with Crippen LogP contribution in [0, 0.1) is 0 Å². The van der Waals surface area contributed by atoms with Crippen molar-refractivity contribution < 1.29 is 19.3 Å². The molecule has 0 aromatic heterocycles. The van der Waals surface area contributed by atoms with Crippen molar-refractivity contribution in [1.29, 1.82) is 0 Å². The minimum atomic E-state index is -0.457. The molecular weight excluding hydrogens is 422 g/mol. The van der Waals surface area contributed by atoms with Gasteiger partial charge in [0, 0.05) is 29.2 Å². The van der Waals surface area contributed by atoms with Crippen LogP contribution in [0.1, 0.15) is 41.1 Å². The van der Waals surface area contributed by atoms with E-state index in [0.29, 0.717) is 6.54 Å². The molecule has 32 heavy (non-hydrogen) atoms. The van der Waals surface area contributed by atoms with E-state index < -0.39 is 6.29 Å². The number of nitrogens with two attached hydrogens (primary N) is 1. The lowest BCUT2D eigenvalue weighted by atomic mass is 10.0. The van der Waals surface area contributed by atoms with E-state index in [1.54, 1.807) is 18.9 Å². The summed E-state index contributed by atoms with van der Waals surface area (Å²) in [5, 5.41) is 9.36. The summed E-state index contributed by atoms with van der Waals surface area (Å²) in [6.07, 6.45) is 0.193. The second-order valence-corrected chi connectivity index (χ2v) is 8.82. The molecule has 0 aliphatic carbocycles. The maximum absolute atomic E-state index is 9.36. The number of benzene rings is 3. The van der Waals surface area contributed by atoms with E-state index in [9.17, 15) is 5.11 Å². The molecule has 0 bridgehead atoms. The number of thioether (sulfide) groups is 1. The van der Waals surface area contributed by atoms with Gasteiger partial charge in [-0.3, -0.25) is 0 Å². The van der Waals surface area contributed by atoms with Gasteiger partial charge in [-0.25, -0.2) is 0 Å². The van der Waals surface area contributed by atoms with Crippen molar-refractivity contribution in [3.8, 4) is 5.75 Å². The summed E-state index contributed by atoms with van der Waals surface area (Å²) < 4.78 is 18.3. The van der Waals surface area contributed by atoms with Gasteiger partial charge in [-0.1, -0.05) is 60.7 Å². The highest BCUT2D eigenvalue weighted by molar-refractivity contribution is 7.99. The van der Waals surface area contributed by atoms with Gasteiger partial charge in [-0.2, -0.15) is 0 Å². The molecule has 0 radical (unpaired) electrons. The number of methoxy groups -OCH3 is 1. The monoisotopic (exact) mass is 451 g/mol. The van der Waals surface area contributed by atoms with Crippen LogP contribution in [0.4, 0.5) is 0 Å². The molecule has 1 aliphatic heterocycles. The SMILES string of the molecule is COc1ccccc1SCC1CC(c2ccc(CO)cc2)OC(c2ccc(CN)cc2)O1. The number of aliphatic hydroxyl groups is 1. The molecule has 1 fully saturated rings. The molecule has 6 heteroatoms. The lowest BCUT2D eigenvalue weighted by molar-refractivity contribution is -0.245. The van der Waals surface area contributed by atoms with E-state index in [-0.39, 0.29) is 18.8 Å². The Morgan fingerprint density at radius 3 is 2.31 bits per heavy atom. The molecule has 3 unspecified atom stereocenters. The average molecular weight is 452 g/mol. The highest BCUT2D eigenvalue weighted by atomic mass is 32.2. The van der Waals surface area contributed by atoms with Crippen molar-refractivity contribution in [2.24, 2.45) is 5.73 Å². The standard InChI is InChI=1S/C26H29NO4S/c1-29-23-4-2-3-5-25(23)32-17-22-14-24(20-10-8-19(16-28)9-11-20)31-26(30-22)21-12-6-18(15-27)7-13-21/h2-13,22,24,26,28H,14-17,27H2,1H3. The highest BCUT2D eigenvalue weighted by Crippen LogP contribution is 2.40. The Balaban J connectivity index is 1.54. The van der Waals surface area contributed by atoms with Crippen molar-refractivity contribution in [3.05, 3.63) is 95.1 Å². The van der Waals surface area contributed by atoms with Crippen molar-refractivity contribution in [2.75, 3.05) is 12.9 Å². The third-order valence-electron chi connectivity index (χ3n) is 5.60. The van der Waals surface area contributed by atoms with E-state index in [0.717, 1.165) is 45.1 Å². The zero-order valence-electron chi connectivity index (χ0n) is 18.1. The third-order valence-corrected chi connectivity index (χ3v) is 6.78. The van der Waals surface area contributed by atoms with Gasteiger partial charge in [0.1, 0.15) is 5.75 Å². The van der Waals surface area contributed by atoms with Crippen molar-refractivity contribution >= 4 is 11.8 Å². The van der Waals surface area contributed by atoms with Crippen molar-refractivity contribution in [1.82, 2.24) is 0 Å². The molecular formula is C26H29NO4S. The smallest absolute Gasteiger partial charge is 0.184 e. The number of aliphatic hydroxyl groups excluding tert-OH is 1. The van der Waals surface area contributed by atoms with Gasteiger partial charge >= 0.3 is 0 Å². The second-order valence-electron chi connectivity index (χ2n) is 7.76. The molecule has 3 atom stereocenters. The van der Waals surface area contributed by atoms with Crippen molar-refractivity contribution in [3.63, 3.8) is 0 Å². The lowest BCUT2D eigenvalue weighted by Gasteiger charge is -2.36. The first-order valence-corrected chi connectivity index (χ1v) is 11.7. The minimum Gasteiger partial charge on any atom is -0.496 e. The Morgan fingerprint density at radius 1 is 0.938 bits per heavy atom. The highest BCUT2D eigenvalue weighted by Gasteiger charge is 2.32. The Morgan fingerprint density at radius 2 is 1.62 bits per heavy atom. The summed E-state index contributed by atoms with van der Waals surface area (Å²) in [5.74, 6) is 1.65. The topological polar surface area (TPSA) is 73.9 Å². The van der Waals surface area contributed by atoms with Crippen LogP contribution in [0.15, 0.2) is 77.7 Å². The number of rotatable bonds is 8. The Kier molecular flexibility index (Phi) is 7.84. The predicted molar refractivity (Wildman–Crippen MR) is 126 cm³/mol. The normalized spacial score (nSPS) is 20.8. The summed E-state index contributed by atoms with van der Waals surface area (Å²) in [5.41, 5.74) is 9.77. The largest absolute Gasteiger partial charge is 0.496 e. The minimum absolute atomic E-state index is 0.000339. The Bertz CT molecular complexity index is 938. The Labute approximate surface area is 193 Å². The summed E-state index contributed by atoms with van der Waals surface area (Å²) in [4.78, 5) is 1.10.